The smallest absolute Gasteiger partial charge is 0.159 e. The summed E-state index contributed by atoms with van der Waals surface area (Å²) in [5.74, 6) is 0.0786. The van der Waals surface area contributed by atoms with Crippen molar-refractivity contribution in [1.82, 2.24) is 0 Å². The number of carbonyl (C=O) groups is 1. The van der Waals surface area contributed by atoms with Crippen LogP contribution >= 0.6 is 11.6 Å². The Morgan fingerprint density at radius 1 is 1.12 bits per heavy atom. The Morgan fingerprint density at radius 3 is 2.47 bits per heavy atom. The average Bonchev–Trinajstić information content (AvgIpc) is 2.33. The number of hydrogen-bond donors (Lipinski definition) is 1. The SMILES string of the molecule is CC(=O)c1cccc(-c2ccc(O)c(Cl)c2)c1. The van der Waals surface area contributed by atoms with E-state index in [0.29, 0.717) is 10.6 Å². The molecule has 0 aliphatic carbocycles. The van der Waals surface area contributed by atoms with Crippen LogP contribution in [0, 0.1) is 0 Å². The molecule has 1 N–H and O–H groups in total. The zero-order valence-corrected chi connectivity index (χ0v) is 10.0. The van der Waals surface area contributed by atoms with Crippen molar-refractivity contribution in [2.75, 3.05) is 0 Å². The molecule has 2 nitrogen and oxygen atoms in total. The summed E-state index contributed by atoms with van der Waals surface area (Å²) < 4.78 is 0. The van der Waals surface area contributed by atoms with E-state index in [1.807, 2.05) is 18.2 Å². The highest BCUT2D eigenvalue weighted by Gasteiger charge is 2.05. The van der Waals surface area contributed by atoms with E-state index in [4.69, 9.17) is 11.6 Å². The monoisotopic (exact) mass is 246 g/mol. The molecule has 2 rings (SSSR count). The lowest BCUT2D eigenvalue weighted by Crippen LogP contribution is -1.91. The zero-order valence-electron chi connectivity index (χ0n) is 9.27. The van der Waals surface area contributed by atoms with Crippen molar-refractivity contribution in [3.05, 3.63) is 53.1 Å². The fourth-order valence-corrected chi connectivity index (χ4v) is 1.78. The maximum Gasteiger partial charge on any atom is 0.159 e. The molecule has 0 fully saturated rings. The second kappa shape index (κ2) is 4.60. The number of phenolic OH excluding ortho intramolecular Hbond substituents is 1. The molecule has 0 aliphatic rings. The Kier molecular flexibility index (Phi) is 3.16. The lowest BCUT2D eigenvalue weighted by Gasteiger charge is -2.05. The third-order valence-electron chi connectivity index (χ3n) is 2.55. The van der Waals surface area contributed by atoms with Gasteiger partial charge in [-0.15, -0.1) is 0 Å². The molecule has 0 amide bonds. The highest BCUT2D eigenvalue weighted by Crippen LogP contribution is 2.29. The molecular weight excluding hydrogens is 236 g/mol. The number of Topliss-reactive ketones (excluding diaryl/α,β-unsaturated/α-hetero) is 1. The number of halogens is 1. The van der Waals surface area contributed by atoms with E-state index >= 15 is 0 Å². The number of phenols is 1. The van der Waals surface area contributed by atoms with Gasteiger partial charge in [-0.25, -0.2) is 0 Å². The van der Waals surface area contributed by atoms with Crippen LogP contribution < -0.4 is 0 Å². The van der Waals surface area contributed by atoms with E-state index in [9.17, 15) is 9.90 Å². The summed E-state index contributed by atoms with van der Waals surface area (Å²) in [6.07, 6.45) is 0. The summed E-state index contributed by atoms with van der Waals surface area (Å²) in [6, 6.07) is 12.3. The fourth-order valence-electron chi connectivity index (χ4n) is 1.60. The molecule has 0 unspecified atom stereocenters. The van der Waals surface area contributed by atoms with E-state index in [1.54, 1.807) is 18.2 Å². The Morgan fingerprint density at radius 2 is 1.82 bits per heavy atom. The van der Waals surface area contributed by atoms with Gasteiger partial charge in [0.05, 0.1) is 5.02 Å². The van der Waals surface area contributed by atoms with Gasteiger partial charge in [-0.05, 0) is 36.2 Å². The molecular formula is C14H11ClO2. The van der Waals surface area contributed by atoms with Gasteiger partial charge >= 0.3 is 0 Å². The number of ketones is 1. The Hall–Kier alpha value is -1.80. The Balaban J connectivity index is 2.49. The van der Waals surface area contributed by atoms with Gasteiger partial charge in [0, 0.05) is 5.56 Å². The lowest BCUT2D eigenvalue weighted by atomic mass is 10.0. The molecule has 0 saturated carbocycles. The molecule has 17 heavy (non-hydrogen) atoms. The Labute approximate surface area is 104 Å². The first-order valence-electron chi connectivity index (χ1n) is 5.18. The van der Waals surface area contributed by atoms with Gasteiger partial charge in [0.2, 0.25) is 0 Å². The average molecular weight is 247 g/mol. The van der Waals surface area contributed by atoms with E-state index in [1.165, 1.54) is 13.0 Å². The van der Waals surface area contributed by atoms with Gasteiger partial charge in [0.15, 0.2) is 5.78 Å². The van der Waals surface area contributed by atoms with Crippen LogP contribution in [0.15, 0.2) is 42.5 Å². The minimum atomic E-state index is 0.0247. The van der Waals surface area contributed by atoms with Crippen molar-refractivity contribution in [3.63, 3.8) is 0 Å². The van der Waals surface area contributed by atoms with Gasteiger partial charge in [0.25, 0.3) is 0 Å². The molecule has 0 saturated heterocycles. The highest BCUT2D eigenvalue weighted by atomic mass is 35.5. The van der Waals surface area contributed by atoms with Gasteiger partial charge < -0.3 is 5.11 Å². The molecule has 2 aromatic rings. The maximum absolute atomic E-state index is 11.3. The zero-order chi connectivity index (χ0) is 12.4. The largest absolute Gasteiger partial charge is 0.506 e. The van der Waals surface area contributed by atoms with Crippen LogP contribution in [-0.4, -0.2) is 10.9 Å². The topological polar surface area (TPSA) is 37.3 Å². The summed E-state index contributed by atoms with van der Waals surface area (Å²) in [4.78, 5) is 11.3. The standard InChI is InChI=1S/C14H11ClO2/c1-9(16)10-3-2-4-11(7-10)12-5-6-14(17)13(15)8-12/h2-8,17H,1H3. The molecule has 0 bridgehead atoms. The van der Waals surface area contributed by atoms with Crippen LogP contribution in [0.2, 0.25) is 5.02 Å². The van der Waals surface area contributed by atoms with Crippen molar-refractivity contribution < 1.29 is 9.90 Å². The van der Waals surface area contributed by atoms with Crippen molar-refractivity contribution in [2.24, 2.45) is 0 Å². The van der Waals surface area contributed by atoms with E-state index < -0.39 is 0 Å². The summed E-state index contributed by atoms with van der Waals surface area (Å²) in [6.45, 7) is 1.53. The van der Waals surface area contributed by atoms with Gasteiger partial charge in [0.1, 0.15) is 5.75 Å². The number of carbonyl (C=O) groups excluding carboxylic acids is 1. The molecule has 86 valence electrons. The molecule has 2 aromatic carbocycles. The molecule has 0 aromatic heterocycles. The third kappa shape index (κ3) is 2.48. The predicted molar refractivity (Wildman–Crippen MR) is 68.6 cm³/mol. The molecule has 0 atom stereocenters. The van der Waals surface area contributed by atoms with Crippen LogP contribution in [0.4, 0.5) is 0 Å². The number of rotatable bonds is 2. The van der Waals surface area contributed by atoms with Crippen LogP contribution in [-0.2, 0) is 0 Å². The van der Waals surface area contributed by atoms with E-state index in [2.05, 4.69) is 0 Å². The highest BCUT2D eigenvalue weighted by molar-refractivity contribution is 6.32. The second-order valence-electron chi connectivity index (χ2n) is 3.80. The van der Waals surface area contributed by atoms with Crippen LogP contribution in [0.25, 0.3) is 11.1 Å². The molecule has 3 heteroatoms. The minimum Gasteiger partial charge on any atom is -0.506 e. The van der Waals surface area contributed by atoms with Gasteiger partial charge in [-0.3, -0.25) is 4.79 Å². The van der Waals surface area contributed by atoms with Gasteiger partial charge in [-0.2, -0.15) is 0 Å². The van der Waals surface area contributed by atoms with Crippen molar-refractivity contribution >= 4 is 17.4 Å². The van der Waals surface area contributed by atoms with E-state index in [0.717, 1.165) is 11.1 Å². The third-order valence-corrected chi connectivity index (χ3v) is 2.85. The first-order chi connectivity index (χ1) is 8.08. The summed E-state index contributed by atoms with van der Waals surface area (Å²) >= 11 is 5.85. The molecule has 0 spiro atoms. The molecule has 0 aliphatic heterocycles. The first-order valence-corrected chi connectivity index (χ1v) is 5.55. The van der Waals surface area contributed by atoms with E-state index in [-0.39, 0.29) is 11.5 Å². The molecule has 0 radical (unpaired) electrons. The van der Waals surface area contributed by atoms with Crippen molar-refractivity contribution in [2.45, 2.75) is 6.92 Å². The lowest BCUT2D eigenvalue weighted by molar-refractivity contribution is 0.101. The summed E-state index contributed by atoms with van der Waals surface area (Å²) in [5.41, 5.74) is 2.43. The van der Waals surface area contributed by atoms with Crippen molar-refractivity contribution in [1.29, 1.82) is 0 Å². The second-order valence-corrected chi connectivity index (χ2v) is 4.21. The fraction of sp³-hybridized carbons (Fsp3) is 0.0714. The Bertz CT molecular complexity index is 576. The van der Waals surface area contributed by atoms with Crippen LogP contribution in [0.3, 0.4) is 0 Å². The predicted octanol–water partition coefficient (Wildman–Crippen LogP) is 3.92. The first kappa shape index (κ1) is 11.7. The maximum atomic E-state index is 11.3. The van der Waals surface area contributed by atoms with Gasteiger partial charge in [-0.1, -0.05) is 35.9 Å². The van der Waals surface area contributed by atoms with Crippen molar-refractivity contribution in [3.8, 4) is 16.9 Å². The number of aromatic hydroxyl groups is 1. The molecule has 0 heterocycles. The van der Waals surface area contributed by atoms with Crippen LogP contribution in [0.1, 0.15) is 17.3 Å². The quantitative estimate of drug-likeness (QED) is 0.816. The minimum absolute atomic E-state index is 0.0247. The normalized spacial score (nSPS) is 10.2. The van der Waals surface area contributed by atoms with Crippen LogP contribution in [0.5, 0.6) is 5.75 Å². The summed E-state index contributed by atoms with van der Waals surface area (Å²) in [7, 11) is 0. The summed E-state index contributed by atoms with van der Waals surface area (Å²) in [5, 5.41) is 9.65. The number of benzene rings is 2. The number of hydrogen-bond acceptors (Lipinski definition) is 2.